The molecule has 202 valence electrons. The highest BCUT2D eigenvalue weighted by Crippen LogP contribution is 2.27. The molecule has 3 N–H and O–H groups in total. The summed E-state index contributed by atoms with van der Waals surface area (Å²) in [4.78, 5) is 22.9. The van der Waals surface area contributed by atoms with E-state index < -0.39 is 47.0 Å². The van der Waals surface area contributed by atoms with Gasteiger partial charge in [0.05, 0.1) is 22.2 Å². The maximum atomic E-state index is 13.2. The molecule has 1 saturated heterocycles. The SMILES string of the molecule is N#Cc1cnc(-c2cnc(C(F)(F)F)nc2)cc1CNC(=O)[C@@H]1C[C@@H](F)CN1.O=S(O)c1ccc(F)cc1.[HH]. The van der Waals surface area contributed by atoms with Crippen LogP contribution >= 0.6 is 0 Å². The second-order valence-electron chi connectivity index (χ2n) is 7.85. The van der Waals surface area contributed by atoms with Gasteiger partial charge in [-0.3, -0.25) is 9.78 Å². The van der Waals surface area contributed by atoms with E-state index in [1.807, 2.05) is 6.07 Å². The first-order valence-corrected chi connectivity index (χ1v) is 11.9. The zero-order valence-corrected chi connectivity index (χ0v) is 20.1. The number of benzene rings is 1. The van der Waals surface area contributed by atoms with Crippen molar-refractivity contribution in [1.29, 1.82) is 5.26 Å². The second kappa shape index (κ2) is 12.6. The van der Waals surface area contributed by atoms with Crippen molar-refractivity contribution in [2.75, 3.05) is 6.54 Å². The maximum absolute atomic E-state index is 13.2. The number of nitrogens with zero attached hydrogens (tertiary/aromatic N) is 4. The van der Waals surface area contributed by atoms with Gasteiger partial charge in [0.1, 0.15) is 18.1 Å². The summed E-state index contributed by atoms with van der Waals surface area (Å²) in [6, 6.07) is 7.57. The van der Waals surface area contributed by atoms with Crippen molar-refractivity contribution in [3.63, 3.8) is 0 Å². The van der Waals surface area contributed by atoms with Crippen LogP contribution in [0.25, 0.3) is 11.3 Å². The fraction of sp³-hybridized carbons (Fsp3) is 0.261. The quantitative estimate of drug-likeness (QED) is 0.321. The van der Waals surface area contributed by atoms with Gasteiger partial charge in [0.25, 0.3) is 0 Å². The highest BCUT2D eigenvalue weighted by atomic mass is 32.2. The molecule has 3 aromatic rings. The predicted molar refractivity (Wildman–Crippen MR) is 126 cm³/mol. The zero-order valence-electron chi connectivity index (χ0n) is 19.2. The van der Waals surface area contributed by atoms with Crippen molar-refractivity contribution in [2.24, 2.45) is 0 Å². The number of alkyl halides is 4. The summed E-state index contributed by atoms with van der Waals surface area (Å²) in [5, 5.41) is 14.6. The zero-order chi connectivity index (χ0) is 27.9. The van der Waals surface area contributed by atoms with Crippen LogP contribution in [-0.2, 0) is 28.6 Å². The van der Waals surface area contributed by atoms with Crippen LogP contribution < -0.4 is 10.6 Å². The maximum Gasteiger partial charge on any atom is 0.451 e. The lowest BCUT2D eigenvalue weighted by atomic mass is 10.1. The number of carbonyl (C=O) groups excluding carboxylic acids is 1. The number of nitriles is 1. The van der Waals surface area contributed by atoms with Gasteiger partial charge in [-0.1, -0.05) is 0 Å². The van der Waals surface area contributed by atoms with E-state index in [0.29, 0.717) is 5.56 Å². The minimum atomic E-state index is -4.65. The molecule has 0 spiro atoms. The summed E-state index contributed by atoms with van der Waals surface area (Å²) in [6.07, 6.45) is -2.45. The van der Waals surface area contributed by atoms with Crippen LogP contribution in [0.15, 0.2) is 53.8 Å². The van der Waals surface area contributed by atoms with E-state index in [2.05, 4.69) is 25.6 Å². The Morgan fingerprint density at radius 1 is 1.21 bits per heavy atom. The minimum absolute atomic E-state index is 0. The van der Waals surface area contributed by atoms with Gasteiger partial charge in [0.2, 0.25) is 11.7 Å². The van der Waals surface area contributed by atoms with Crippen molar-refractivity contribution in [1.82, 2.24) is 25.6 Å². The Balaban J connectivity index is 0.000000410. The molecular weight excluding hydrogens is 535 g/mol. The number of amides is 1. The van der Waals surface area contributed by atoms with Gasteiger partial charge < -0.3 is 15.2 Å². The Morgan fingerprint density at radius 3 is 2.39 bits per heavy atom. The number of carbonyl (C=O) groups is 1. The number of halogens is 5. The van der Waals surface area contributed by atoms with Gasteiger partial charge in [-0.25, -0.2) is 23.0 Å². The average Bonchev–Trinajstić information content (AvgIpc) is 3.33. The normalized spacial score (nSPS) is 17.6. The van der Waals surface area contributed by atoms with Gasteiger partial charge in [0.15, 0.2) is 11.1 Å². The Morgan fingerprint density at radius 2 is 1.87 bits per heavy atom. The molecule has 3 heterocycles. The first kappa shape index (κ1) is 28.7. The molecule has 0 bridgehead atoms. The smallest absolute Gasteiger partial charge is 0.351 e. The monoisotopic (exact) mass is 556 g/mol. The van der Waals surface area contributed by atoms with Crippen molar-refractivity contribution >= 4 is 17.0 Å². The molecule has 1 aliphatic rings. The van der Waals surface area contributed by atoms with E-state index in [1.54, 1.807) is 0 Å². The first-order chi connectivity index (χ1) is 18.0. The second-order valence-corrected chi connectivity index (χ2v) is 8.82. The van der Waals surface area contributed by atoms with Crippen LogP contribution in [0.4, 0.5) is 22.0 Å². The lowest BCUT2D eigenvalue weighted by Crippen LogP contribution is -2.40. The average molecular weight is 557 g/mol. The van der Waals surface area contributed by atoms with Crippen molar-refractivity contribution in [2.45, 2.75) is 36.3 Å². The standard InChI is InChI=1S/C17H14F4N6O.C6H5FO2S.H2/c18-12-2-14(24-8-12)15(28)25-4-9-1-13(23-5-10(9)3-22)11-6-26-16(27-7-11)17(19,20)21;7-5-1-3-6(4-2-5)10(8)9;/h1,5-7,12,14,24H,2,4,8H2,(H,25,28);1-4H,(H,8,9);1H/t12-,14+;;/m1../s1. The summed E-state index contributed by atoms with van der Waals surface area (Å²) in [5.41, 5.74) is 1.08. The van der Waals surface area contributed by atoms with E-state index in [4.69, 9.17) is 4.55 Å². The molecule has 1 fully saturated rings. The predicted octanol–water partition coefficient (Wildman–Crippen LogP) is 3.40. The van der Waals surface area contributed by atoms with Gasteiger partial charge in [-0.05, 0) is 35.9 Å². The number of hydrogen-bond donors (Lipinski definition) is 3. The van der Waals surface area contributed by atoms with Crippen LogP contribution in [0.1, 0.15) is 24.8 Å². The van der Waals surface area contributed by atoms with Gasteiger partial charge in [-0.15, -0.1) is 0 Å². The van der Waals surface area contributed by atoms with Crippen molar-refractivity contribution < 1.29 is 36.9 Å². The molecule has 3 atom stereocenters. The van der Waals surface area contributed by atoms with Gasteiger partial charge in [0, 0.05) is 45.1 Å². The Bertz CT molecular complexity index is 1340. The Labute approximate surface area is 216 Å². The highest BCUT2D eigenvalue weighted by molar-refractivity contribution is 7.79. The lowest BCUT2D eigenvalue weighted by molar-refractivity contribution is -0.145. The van der Waals surface area contributed by atoms with E-state index >= 15 is 0 Å². The largest absolute Gasteiger partial charge is 0.451 e. The Kier molecular flexibility index (Phi) is 9.50. The third-order valence-corrected chi connectivity index (χ3v) is 5.85. The van der Waals surface area contributed by atoms with E-state index in [0.717, 1.165) is 24.5 Å². The first-order valence-electron chi connectivity index (χ1n) is 10.8. The van der Waals surface area contributed by atoms with Crippen LogP contribution in [0.5, 0.6) is 0 Å². The minimum Gasteiger partial charge on any atom is -0.351 e. The van der Waals surface area contributed by atoms with Crippen LogP contribution in [0, 0.1) is 17.1 Å². The van der Waals surface area contributed by atoms with E-state index in [1.165, 1.54) is 24.4 Å². The third kappa shape index (κ3) is 7.81. The Hall–Kier alpha value is -3.87. The number of rotatable bonds is 5. The molecule has 38 heavy (non-hydrogen) atoms. The topological polar surface area (TPSA) is 141 Å². The number of pyridine rings is 1. The van der Waals surface area contributed by atoms with Crippen molar-refractivity contribution in [3.8, 4) is 17.3 Å². The molecule has 0 saturated carbocycles. The molecule has 1 unspecified atom stereocenters. The van der Waals surface area contributed by atoms with Crippen molar-refractivity contribution in [3.05, 3.63) is 71.7 Å². The summed E-state index contributed by atoms with van der Waals surface area (Å²) in [7, 11) is 0. The molecule has 0 radical (unpaired) electrons. The number of hydrogen-bond acceptors (Lipinski definition) is 7. The van der Waals surface area contributed by atoms with E-state index in [-0.39, 0.29) is 42.7 Å². The number of aromatic nitrogens is 3. The third-order valence-electron chi connectivity index (χ3n) is 5.17. The summed E-state index contributed by atoms with van der Waals surface area (Å²) >= 11 is -2.00. The van der Waals surface area contributed by atoms with Crippen LogP contribution in [0.2, 0.25) is 0 Å². The summed E-state index contributed by atoms with van der Waals surface area (Å²) in [6.45, 7) is 0.0860. The molecule has 9 nitrogen and oxygen atoms in total. The molecule has 4 rings (SSSR count). The van der Waals surface area contributed by atoms with Gasteiger partial charge >= 0.3 is 6.18 Å². The molecule has 1 amide bonds. The molecule has 0 aliphatic carbocycles. The molecule has 1 aliphatic heterocycles. The molecule has 15 heteroatoms. The summed E-state index contributed by atoms with van der Waals surface area (Å²) < 4.78 is 81.8. The lowest BCUT2D eigenvalue weighted by Gasteiger charge is -2.12. The number of nitrogens with one attached hydrogen (secondary N) is 2. The molecule has 1 aromatic carbocycles. The van der Waals surface area contributed by atoms with Gasteiger partial charge in [-0.2, -0.15) is 18.4 Å². The fourth-order valence-electron chi connectivity index (χ4n) is 3.26. The fourth-order valence-corrected chi connectivity index (χ4v) is 3.63. The molecular formula is C23H21F5N6O3S. The highest BCUT2D eigenvalue weighted by Gasteiger charge is 2.34. The molecule has 2 aromatic heterocycles. The van der Waals surface area contributed by atoms with Crippen LogP contribution in [-0.4, -0.2) is 48.4 Å². The summed E-state index contributed by atoms with van der Waals surface area (Å²) in [5.74, 6) is -2.08. The van der Waals surface area contributed by atoms with E-state index in [9.17, 15) is 36.2 Å². The van der Waals surface area contributed by atoms with Crippen LogP contribution in [0.3, 0.4) is 0 Å².